The average Bonchev–Trinajstić information content (AvgIpc) is 2.43. The minimum Gasteiger partial charge on any atom is -0.444 e. The van der Waals surface area contributed by atoms with Crippen LogP contribution in [0, 0.1) is 0 Å². The zero-order chi connectivity index (χ0) is 11.6. The van der Waals surface area contributed by atoms with Crippen LogP contribution in [0.1, 0.15) is 20.8 Å². The molecule has 0 atom stereocenters. The summed E-state index contributed by atoms with van der Waals surface area (Å²) in [6.07, 6.45) is -0.172. The van der Waals surface area contributed by atoms with Crippen LogP contribution in [-0.2, 0) is 9.53 Å². The first-order valence-electron chi connectivity index (χ1n) is 4.64. The number of rotatable bonds is 1. The van der Waals surface area contributed by atoms with Crippen LogP contribution in [0.5, 0.6) is 0 Å². The average molecular weight is 215 g/mol. The quantitative estimate of drug-likeness (QED) is 0.625. The molecule has 1 rings (SSSR count). The van der Waals surface area contributed by atoms with E-state index in [0.29, 0.717) is 6.29 Å². The Bertz CT molecular complexity index is 317. The van der Waals surface area contributed by atoms with E-state index in [1.54, 1.807) is 20.8 Å². The SMILES string of the molecule is CC(C)(C)OC(=O)N1CC(F)=C(C=O)C1. The Hall–Kier alpha value is -1.39. The molecule has 0 aromatic heterocycles. The molecule has 0 N–H and O–H groups in total. The third-order valence-electron chi connectivity index (χ3n) is 1.83. The normalized spacial score (nSPS) is 16.9. The summed E-state index contributed by atoms with van der Waals surface area (Å²) < 4.78 is 18.1. The molecule has 0 unspecified atom stereocenters. The molecule has 0 aliphatic carbocycles. The Kier molecular flexibility index (Phi) is 3.12. The fraction of sp³-hybridized carbons (Fsp3) is 0.600. The fourth-order valence-electron chi connectivity index (χ4n) is 1.17. The lowest BCUT2D eigenvalue weighted by molar-refractivity contribution is -0.105. The van der Waals surface area contributed by atoms with Gasteiger partial charge < -0.3 is 4.74 Å². The molecule has 1 aliphatic rings. The molecule has 4 nitrogen and oxygen atoms in total. The highest BCUT2D eigenvalue weighted by molar-refractivity contribution is 5.79. The first kappa shape index (κ1) is 11.7. The largest absolute Gasteiger partial charge is 0.444 e. The van der Waals surface area contributed by atoms with Crippen LogP contribution in [0.25, 0.3) is 0 Å². The highest BCUT2D eigenvalue weighted by Gasteiger charge is 2.29. The maximum atomic E-state index is 13.0. The van der Waals surface area contributed by atoms with Gasteiger partial charge in [0.25, 0.3) is 0 Å². The molecule has 0 radical (unpaired) electrons. The summed E-state index contributed by atoms with van der Waals surface area (Å²) in [5, 5.41) is 0. The lowest BCUT2D eigenvalue weighted by Crippen LogP contribution is -2.35. The molecule has 0 aromatic rings. The number of hydrogen-bond acceptors (Lipinski definition) is 3. The molecule has 0 fully saturated rings. The van der Waals surface area contributed by atoms with Gasteiger partial charge in [-0.3, -0.25) is 9.69 Å². The topological polar surface area (TPSA) is 46.6 Å². The van der Waals surface area contributed by atoms with Crippen LogP contribution in [0.2, 0.25) is 0 Å². The fourth-order valence-corrected chi connectivity index (χ4v) is 1.17. The van der Waals surface area contributed by atoms with Crippen LogP contribution in [0.15, 0.2) is 11.4 Å². The summed E-state index contributed by atoms with van der Waals surface area (Å²) in [6.45, 7) is 5.00. The molecule has 0 aromatic carbocycles. The molecule has 5 heteroatoms. The van der Waals surface area contributed by atoms with E-state index < -0.39 is 17.5 Å². The number of carbonyl (C=O) groups excluding carboxylic acids is 2. The molecular formula is C10H14FNO3. The molecule has 0 saturated heterocycles. The monoisotopic (exact) mass is 215 g/mol. The summed E-state index contributed by atoms with van der Waals surface area (Å²) in [4.78, 5) is 23.0. The van der Waals surface area contributed by atoms with Gasteiger partial charge in [-0.05, 0) is 20.8 Å². The van der Waals surface area contributed by atoms with E-state index in [9.17, 15) is 14.0 Å². The van der Waals surface area contributed by atoms with E-state index in [4.69, 9.17) is 4.74 Å². The van der Waals surface area contributed by atoms with E-state index in [2.05, 4.69) is 0 Å². The Morgan fingerprint density at radius 1 is 1.47 bits per heavy atom. The Balaban J connectivity index is 2.57. The second-order valence-corrected chi connectivity index (χ2v) is 4.38. The van der Waals surface area contributed by atoms with Gasteiger partial charge in [0.15, 0.2) is 0 Å². The van der Waals surface area contributed by atoms with E-state index in [-0.39, 0.29) is 18.7 Å². The first-order chi connectivity index (χ1) is 6.83. The molecule has 1 aliphatic heterocycles. The van der Waals surface area contributed by atoms with Crippen molar-refractivity contribution in [3.05, 3.63) is 11.4 Å². The number of amides is 1. The van der Waals surface area contributed by atoms with Gasteiger partial charge in [0.2, 0.25) is 0 Å². The summed E-state index contributed by atoms with van der Waals surface area (Å²) in [7, 11) is 0. The summed E-state index contributed by atoms with van der Waals surface area (Å²) in [6, 6.07) is 0. The van der Waals surface area contributed by atoms with Crippen molar-refractivity contribution < 1.29 is 18.7 Å². The predicted molar refractivity (Wildman–Crippen MR) is 52.0 cm³/mol. The van der Waals surface area contributed by atoms with Crippen molar-refractivity contribution in [1.29, 1.82) is 0 Å². The second-order valence-electron chi connectivity index (χ2n) is 4.38. The number of aldehydes is 1. The van der Waals surface area contributed by atoms with Crippen LogP contribution in [0.4, 0.5) is 9.18 Å². The van der Waals surface area contributed by atoms with Crippen molar-refractivity contribution >= 4 is 12.4 Å². The van der Waals surface area contributed by atoms with Crippen LogP contribution in [0.3, 0.4) is 0 Å². The third kappa shape index (κ3) is 3.04. The molecule has 0 spiro atoms. The summed E-state index contributed by atoms with van der Waals surface area (Å²) in [5.74, 6) is -0.559. The van der Waals surface area contributed by atoms with Gasteiger partial charge >= 0.3 is 6.09 Å². The maximum Gasteiger partial charge on any atom is 0.410 e. The number of carbonyl (C=O) groups is 2. The van der Waals surface area contributed by atoms with Gasteiger partial charge in [-0.25, -0.2) is 9.18 Å². The summed E-state index contributed by atoms with van der Waals surface area (Å²) >= 11 is 0. The van der Waals surface area contributed by atoms with Crippen LogP contribution < -0.4 is 0 Å². The van der Waals surface area contributed by atoms with E-state index in [1.165, 1.54) is 0 Å². The lowest BCUT2D eigenvalue weighted by Gasteiger charge is -2.24. The highest BCUT2D eigenvalue weighted by atomic mass is 19.1. The predicted octanol–water partition coefficient (Wildman–Crippen LogP) is 1.66. The number of hydrogen-bond donors (Lipinski definition) is 0. The van der Waals surface area contributed by atoms with E-state index in [0.717, 1.165) is 4.90 Å². The third-order valence-corrected chi connectivity index (χ3v) is 1.83. The van der Waals surface area contributed by atoms with Gasteiger partial charge in [-0.15, -0.1) is 0 Å². The smallest absolute Gasteiger partial charge is 0.410 e. The van der Waals surface area contributed by atoms with Crippen molar-refractivity contribution in [2.45, 2.75) is 26.4 Å². The molecular weight excluding hydrogens is 201 g/mol. The minimum absolute atomic E-state index is 0.00968. The van der Waals surface area contributed by atoms with Gasteiger partial charge in [0.05, 0.1) is 13.1 Å². The van der Waals surface area contributed by atoms with Crippen molar-refractivity contribution in [3.8, 4) is 0 Å². The van der Waals surface area contributed by atoms with Gasteiger partial charge in [-0.2, -0.15) is 0 Å². The zero-order valence-corrected chi connectivity index (χ0v) is 9.04. The Morgan fingerprint density at radius 2 is 2.07 bits per heavy atom. The van der Waals surface area contributed by atoms with Crippen molar-refractivity contribution in [2.75, 3.05) is 13.1 Å². The molecule has 15 heavy (non-hydrogen) atoms. The molecule has 84 valence electrons. The highest BCUT2D eigenvalue weighted by Crippen LogP contribution is 2.19. The maximum absolute atomic E-state index is 13.0. The first-order valence-corrected chi connectivity index (χ1v) is 4.64. The van der Waals surface area contributed by atoms with Crippen molar-refractivity contribution in [2.24, 2.45) is 0 Å². The van der Waals surface area contributed by atoms with Gasteiger partial charge in [-0.1, -0.05) is 0 Å². The van der Waals surface area contributed by atoms with E-state index in [1.807, 2.05) is 0 Å². The zero-order valence-electron chi connectivity index (χ0n) is 9.04. The van der Waals surface area contributed by atoms with E-state index >= 15 is 0 Å². The Morgan fingerprint density at radius 3 is 2.47 bits per heavy atom. The number of halogens is 1. The molecule has 0 bridgehead atoms. The second kappa shape index (κ2) is 4.00. The number of nitrogens with zero attached hydrogens (tertiary/aromatic N) is 1. The molecule has 1 heterocycles. The Labute approximate surface area is 87.7 Å². The van der Waals surface area contributed by atoms with Gasteiger partial charge in [0, 0.05) is 5.57 Å². The molecule has 1 amide bonds. The summed E-state index contributed by atoms with van der Waals surface area (Å²) in [5.41, 5.74) is -0.599. The van der Waals surface area contributed by atoms with Crippen molar-refractivity contribution in [3.63, 3.8) is 0 Å². The minimum atomic E-state index is -0.614. The van der Waals surface area contributed by atoms with Gasteiger partial charge in [0.1, 0.15) is 17.7 Å². The van der Waals surface area contributed by atoms with Crippen LogP contribution >= 0.6 is 0 Å². The van der Waals surface area contributed by atoms with Crippen LogP contribution in [-0.4, -0.2) is 36.0 Å². The lowest BCUT2D eigenvalue weighted by atomic mass is 10.2. The molecule has 0 saturated carbocycles. The standard InChI is InChI=1S/C10H14FNO3/c1-10(2,3)15-9(14)12-4-7(6-13)8(11)5-12/h6H,4-5H2,1-3H3. The van der Waals surface area contributed by atoms with Crippen molar-refractivity contribution in [1.82, 2.24) is 4.90 Å². The number of ether oxygens (including phenoxy) is 1.